The Bertz CT molecular complexity index is 74.0. The first-order chi connectivity index (χ1) is 5.31. The Labute approximate surface area is 80.3 Å². The van der Waals surface area contributed by atoms with Crippen molar-refractivity contribution in [2.24, 2.45) is 0 Å². The molecule has 0 aliphatic rings. The molecule has 0 spiro atoms. The van der Waals surface area contributed by atoms with E-state index in [9.17, 15) is 0 Å². The van der Waals surface area contributed by atoms with Gasteiger partial charge in [-0.3, -0.25) is 0 Å². The van der Waals surface area contributed by atoms with Crippen LogP contribution in [0.1, 0.15) is 45.4 Å². The van der Waals surface area contributed by atoms with Gasteiger partial charge < -0.3 is 0 Å². The molecule has 0 radical (unpaired) electrons. The van der Waals surface area contributed by atoms with Crippen LogP contribution in [0.3, 0.4) is 0 Å². The maximum atomic E-state index is 6.05. The highest BCUT2D eigenvalue weighted by Crippen LogP contribution is 2.14. The third-order valence-corrected chi connectivity index (χ3v) is 2.48. The first-order valence-corrected chi connectivity index (χ1v) is 5.48. The summed E-state index contributed by atoms with van der Waals surface area (Å²) in [4.78, 5) is 0. The molecule has 0 nitrogen and oxygen atoms in total. The summed E-state index contributed by atoms with van der Waals surface area (Å²) in [5.41, 5.74) is 0. The van der Waals surface area contributed by atoms with Crippen molar-refractivity contribution in [2.45, 2.75) is 50.8 Å². The molecule has 1 atom stereocenters. The minimum atomic E-state index is 0.387. The smallest absolute Gasteiger partial charge is 0.0336 e. The summed E-state index contributed by atoms with van der Waals surface area (Å²) >= 11 is 11.6. The second kappa shape index (κ2) is 8.67. The highest BCUT2D eigenvalue weighted by atomic mass is 35.5. The lowest BCUT2D eigenvalue weighted by atomic mass is 10.1. The van der Waals surface area contributed by atoms with Gasteiger partial charge >= 0.3 is 0 Å². The quantitative estimate of drug-likeness (QED) is 0.424. The second-order valence-corrected chi connectivity index (χ2v) is 3.92. The van der Waals surface area contributed by atoms with Gasteiger partial charge in [0, 0.05) is 11.3 Å². The molecule has 0 fully saturated rings. The van der Waals surface area contributed by atoms with Crippen molar-refractivity contribution in [3.63, 3.8) is 0 Å². The summed E-state index contributed by atoms with van der Waals surface area (Å²) in [5.74, 6) is 0.775. The van der Waals surface area contributed by atoms with Gasteiger partial charge in [-0.1, -0.05) is 26.2 Å². The molecule has 0 bridgehead atoms. The molecular formula is C9H18Cl2. The first kappa shape index (κ1) is 11.6. The molecule has 0 rings (SSSR count). The molecule has 2 heteroatoms. The number of halogens is 2. The van der Waals surface area contributed by atoms with Gasteiger partial charge in [0.25, 0.3) is 0 Å². The lowest BCUT2D eigenvalue weighted by Gasteiger charge is -2.06. The van der Waals surface area contributed by atoms with Crippen LogP contribution in [-0.4, -0.2) is 11.3 Å². The maximum absolute atomic E-state index is 6.05. The van der Waals surface area contributed by atoms with Crippen LogP contribution < -0.4 is 0 Å². The Morgan fingerprint density at radius 3 is 2.27 bits per heavy atom. The molecule has 0 aliphatic carbocycles. The predicted molar refractivity (Wildman–Crippen MR) is 53.7 cm³/mol. The third-order valence-electron chi connectivity index (χ3n) is 1.77. The van der Waals surface area contributed by atoms with Gasteiger partial charge in [0.1, 0.15) is 0 Å². The zero-order valence-electron chi connectivity index (χ0n) is 7.28. The number of alkyl halides is 2. The normalized spacial score (nSPS) is 13.4. The van der Waals surface area contributed by atoms with Crippen LogP contribution >= 0.6 is 23.2 Å². The van der Waals surface area contributed by atoms with E-state index in [-0.39, 0.29) is 0 Å². The SMILES string of the molecule is CCCCC(Cl)CCCCCl. The summed E-state index contributed by atoms with van der Waals surface area (Å²) in [7, 11) is 0. The van der Waals surface area contributed by atoms with Gasteiger partial charge in [-0.15, -0.1) is 23.2 Å². The summed E-state index contributed by atoms with van der Waals surface area (Å²) < 4.78 is 0. The average Bonchev–Trinajstić information content (AvgIpc) is 2.01. The molecule has 68 valence electrons. The summed E-state index contributed by atoms with van der Waals surface area (Å²) in [6.07, 6.45) is 7.10. The van der Waals surface area contributed by atoms with Gasteiger partial charge in [0.2, 0.25) is 0 Å². The van der Waals surface area contributed by atoms with Gasteiger partial charge in [-0.05, 0) is 19.3 Å². The Morgan fingerprint density at radius 2 is 1.73 bits per heavy atom. The summed E-state index contributed by atoms with van der Waals surface area (Å²) in [6.45, 7) is 2.20. The van der Waals surface area contributed by atoms with Crippen LogP contribution in [-0.2, 0) is 0 Å². The van der Waals surface area contributed by atoms with E-state index in [2.05, 4.69) is 6.92 Å². The summed E-state index contributed by atoms with van der Waals surface area (Å²) in [5, 5.41) is 0.387. The Hall–Kier alpha value is 0.580. The molecule has 0 N–H and O–H groups in total. The molecule has 1 unspecified atom stereocenters. The van der Waals surface area contributed by atoms with Gasteiger partial charge in [-0.25, -0.2) is 0 Å². The van der Waals surface area contributed by atoms with E-state index in [4.69, 9.17) is 23.2 Å². The maximum Gasteiger partial charge on any atom is 0.0336 e. The average molecular weight is 197 g/mol. The number of rotatable bonds is 7. The second-order valence-electron chi connectivity index (χ2n) is 2.92. The van der Waals surface area contributed by atoms with E-state index >= 15 is 0 Å². The van der Waals surface area contributed by atoms with Crippen LogP contribution in [0.25, 0.3) is 0 Å². The largest absolute Gasteiger partial charge is 0.127 e. The van der Waals surface area contributed by atoms with Crippen molar-refractivity contribution in [1.29, 1.82) is 0 Å². The molecule has 0 aliphatic heterocycles. The molecule has 0 saturated heterocycles. The molecule has 0 aromatic carbocycles. The van der Waals surface area contributed by atoms with Crippen LogP contribution in [0.5, 0.6) is 0 Å². The highest BCUT2D eigenvalue weighted by molar-refractivity contribution is 6.20. The van der Waals surface area contributed by atoms with E-state index in [0.717, 1.165) is 18.7 Å². The Kier molecular flexibility index (Phi) is 9.13. The Balaban J connectivity index is 3.02. The zero-order chi connectivity index (χ0) is 8.53. The fourth-order valence-corrected chi connectivity index (χ4v) is 1.53. The Morgan fingerprint density at radius 1 is 1.09 bits per heavy atom. The number of hydrogen-bond acceptors (Lipinski definition) is 0. The van der Waals surface area contributed by atoms with Crippen LogP contribution in [0.15, 0.2) is 0 Å². The van der Waals surface area contributed by atoms with Gasteiger partial charge in [0.15, 0.2) is 0 Å². The minimum absolute atomic E-state index is 0.387. The molecule has 0 saturated carbocycles. The van der Waals surface area contributed by atoms with E-state index in [0.29, 0.717) is 5.38 Å². The van der Waals surface area contributed by atoms with Crippen LogP contribution in [0.2, 0.25) is 0 Å². The van der Waals surface area contributed by atoms with Crippen molar-refractivity contribution < 1.29 is 0 Å². The van der Waals surface area contributed by atoms with E-state index in [1.165, 1.54) is 25.7 Å². The summed E-state index contributed by atoms with van der Waals surface area (Å²) in [6, 6.07) is 0. The van der Waals surface area contributed by atoms with Crippen molar-refractivity contribution in [1.82, 2.24) is 0 Å². The molecule has 0 amide bonds. The topological polar surface area (TPSA) is 0 Å². The number of hydrogen-bond donors (Lipinski definition) is 0. The minimum Gasteiger partial charge on any atom is -0.127 e. The highest BCUT2D eigenvalue weighted by Gasteiger charge is 2.02. The van der Waals surface area contributed by atoms with Crippen molar-refractivity contribution in [2.75, 3.05) is 5.88 Å². The van der Waals surface area contributed by atoms with E-state index in [1.54, 1.807) is 0 Å². The standard InChI is InChI=1S/C9H18Cl2/c1-2-3-6-9(11)7-4-5-8-10/h9H,2-8H2,1H3. The first-order valence-electron chi connectivity index (χ1n) is 4.51. The van der Waals surface area contributed by atoms with E-state index in [1.807, 2.05) is 0 Å². The van der Waals surface area contributed by atoms with Gasteiger partial charge in [0.05, 0.1) is 0 Å². The lowest BCUT2D eigenvalue weighted by Crippen LogP contribution is -1.97. The van der Waals surface area contributed by atoms with Crippen molar-refractivity contribution in [3.8, 4) is 0 Å². The zero-order valence-corrected chi connectivity index (χ0v) is 8.79. The van der Waals surface area contributed by atoms with E-state index < -0.39 is 0 Å². The molecule has 0 heterocycles. The van der Waals surface area contributed by atoms with Crippen molar-refractivity contribution >= 4 is 23.2 Å². The number of unbranched alkanes of at least 4 members (excludes halogenated alkanes) is 2. The molecule has 11 heavy (non-hydrogen) atoms. The molecule has 0 aromatic heterocycles. The molecular weight excluding hydrogens is 179 g/mol. The predicted octanol–water partition coefficient (Wildman–Crippen LogP) is 4.19. The van der Waals surface area contributed by atoms with Crippen LogP contribution in [0.4, 0.5) is 0 Å². The fraction of sp³-hybridized carbons (Fsp3) is 1.00. The van der Waals surface area contributed by atoms with Crippen LogP contribution in [0, 0.1) is 0 Å². The monoisotopic (exact) mass is 196 g/mol. The van der Waals surface area contributed by atoms with Gasteiger partial charge in [-0.2, -0.15) is 0 Å². The molecule has 0 aromatic rings. The lowest BCUT2D eigenvalue weighted by molar-refractivity contribution is 0.610. The third kappa shape index (κ3) is 8.49. The van der Waals surface area contributed by atoms with Crippen molar-refractivity contribution in [3.05, 3.63) is 0 Å². The fourth-order valence-electron chi connectivity index (χ4n) is 1.03.